The summed E-state index contributed by atoms with van der Waals surface area (Å²) in [6, 6.07) is 7.82. The molecule has 1 aliphatic heterocycles. The van der Waals surface area contributed by atoms with Gasteiger partial charge in [0.05, 0.1) is 23.7 Å². The number of benzene rings is 1. The van der Waals surface area contributed by atoms with Crippen molar-refractivity contribution in [2.75, 3.05) is 13.2 Å². The molecule has 1 saturated heterocycles. The lowest BCUT2D eigenvalue weighted by Gasteiger charge is -2.18. The molecule has 0 amide bonds. The second-order valence-corrected chi connectivity index (χ2v) is 9.75. The molecule has 8 heteroatoms. The van der Waals surface area contributed by atoms with E-state index in [0.717, 1.165) is 54.2 Å². The number of pyridine rings is 1. The van der Waals surface area contributed by atoms with E-state index < -0.39 is 0 Å². The molecule has 2 aromatic heterocycles. The van der Waals surface area contributed by atoms with Crippen LogP contribution in [0.4, 0.5) is 0 Å². The third kappa shape index (κ3) is 5.65. The first-order valence-corrected chi connectivity index (χ1v) is 12.4. The van der Waals surface area contributed by atoms with Crippen LogP contribution in [-0.2, 0) is 34.4 Å². The number of carbonyl (C=O) groups excluding carboxylic acids is 1. The second-order valence-electron chi connectivity index (χ2n) is 9.75. The van der Waals surface area contributed by atoms with Crippen molar-refractivity contribution in [3.05, 3.63) is 51.9 Å². The molecule has 0 radical (unpaired) electrons. The van der Waals surface area contributed by atoms with Gasteiger partial charge in [-0.3, -0.25) is 9.59 Å². The fourth-order valence-electron chi connectivity index (χ4n) is 4.63. The van der Waals surface area contributed by atoms with Crippen molar-refractivity contribution in [2.45, 2.75) is 65.8 Å². The predicted octanol–water partition coefficient (Wildman–Crippen LogP) is 3.57. The van der Waals surface area contributed by atoms with Crippen LogP contribution in [0.3, 0.4) is 0 Å². The number of fused-ring (bicyclic) bond motifs is 1. The molecule has 3 aromatic rings. The van der Waals surface area contributed by atoms with Crippen LogP contribution >= 0.6 is 0 Å². The smallest absolute Gasteiger partial charge is 0.323 e. The van der Waals surface area contributed by atoms with Gasteiger partial charge in [-0.2, -0.15) is 0 Å². The monoisotopic (exact) mass is 480 g/mol. The van der Waals surface area contributed by atoms with Crippen LogP contribution in [0.15, 0.2) is 35.3 Å². The Morgan fingerprint density at radius 3 is 2.77 bits per heavy atom. The number of aromatic nitrogens is 3. The Balaban J connectivity index is 1.66. The summed E-state index contributed by atoms with van der Waals surface area (Å²) in [6.45, 7) is 10.4. The Bertz CT molecular complexity index is 1230. The summed E-state index contributed by atoms with van der Waals surface area (Å²) in [7, 11) is 1.77. The van der Waals surface area contributed by atoms with Crippen molar-refractivity contribution in [1.29, 1.82) is 0 Å². The van der Waals surface area contributed by atoms with Crippen LogP contribution < -0.4 is 10.9 Å². The third-order valence-electron chi connectivity index (χ3n) is 6.50. The Hall–Kier alpha value is -2.97. The van der Waals surface area contributed by atoms with E-state index in [-0.39, 0.29) is 23.7 Å². The molecule has 1 fully saturated rings. The Morgan fingerprint density at radius 2 is 2.11 bits per heavy atom. The maximum atomic E-state index is 12.3. The lowest BCUT2D eigenvalue weighted by Crippen LogP contribution is -2.38. The number of esters is 1. The first-order chi connectivity index (χ1) is 16.8. The lowest BCUT2D eigenvalue weighted by atomic mass is 10.1. The van der Waals surface area contributed by atoms with Crippen molar-refractivity contribution in [2.24, 2.45) is 13.0 Å². The predicted molar refractivity (Wildman–Crippen MR) is 136 cm³/mol. The van der Waals surface area contributed by atoms with Crippen molar-refractivity contribution in [3.8, 4) is 11.4 Å². The van der Waals surface area contributed by atoms with Crippen LogP contribution in [0.2, 0.25) is 0 Å². The van der Waals surface area contributed by atoms with Gasteiger partial charge in [-0.25, -0.2) is 4.98 Å². The Kier molecular flexibility index (Phi) is 7.72. The lowest BCUT2D eigenvalue weighted by molar-refractivity contribution is -0.150. The van der Waals surface area contributed by atoms with Crippen molar-refractivity contribution < 1.29 is 14.3 Å². The van der Waals surface area contributed by atoms with E-state index in [1.807, 2.05) is 40.0 Å². The molecule has 8 nitrogen and oxygen atoms in total. The number of ether oxygens (including phenoxy) is 2. The number of imidazole rings is 1. The highest BCUT2D eigenvalue weighted by atomic mass is 16.5. The molecule has 0 spiro atoms. The third-order valence-corrected chi connectivity index (χ3v) is 6.50. The number of nitrogens with one attached hydrogen (secondary N) is 1. The van der Waals surface area contributed by atoms with Gasteiger partial charge < -0.3 is 23.9 Å². The molecule has 3 heterocycles. The topological polar surface area (TPSA) is 87.4 Å². The van der Waals surface area contributed by atoms with E-state index in [1.165, 1.54) is 0 Å². The zero-order valence-electron chi connectivity index (χ0n) is 21.3. The molecular weight excluding hydrogens is 444 g/mol. The molecule has 1 N–H and O–H groups in total. The largest absolute Gasteiger partial charge is 0.462 e. The summed E-state index contributed by atoms with van der Waals surface area (Å²) < 4.78 is 14.9. The molecular formula is C27H36N4O4. The number of aryl methyl sites for hydroxylation is 2. The van der Waals surface area contributed by atoms with Gasteiger partial charge in [-0.1, -0.05) is 13.0 Å². The standard InChI is InChI=1S/C27H36N4O4/c1-6-22(27(33)35-17(2)3)28-13-19-7-8-24-23(12-19)29-25(31(24)14-20-9-10-34-16-20)21-11-18(4)26(32)30(5)15-21/h7-8,11-12,15,17,20,22,28H,6,9-10,13-14,16H2,1-5H3. The van der Waals surface area contributed by atoms with Gasteiger partial charge in [0.2, 0.25) is 0 Å². The molecule has 0 bridgehead atoms. The molecule has 0 saturated carbocycles. The van der Waals surface area contributed by atoms with Gasteiger partial charge in [-0.05, 0) is 57.4 Å². The highest BCUT2D eigenvalue weighted by molar-refractivity contribution is 5.81. The van der Waals surface area contributed by atoms with E-state index in [2.05, 4.69) is 28.1 Å². The van der Waals surface area contributed by atoms with Crippen LogP contribution in [0.25, 0.3) is 22.4 Å². The Labute approximate surface area is 206 Å². The number of rotatable bonds is 9. The first-order valence-electron chi connectivity index (χ1n) is 12.4. The molecule has 2 unspecified atom stereocenters. The number of nitrogens with zero attached hydrogens (tertiary/aromatic N) is 3. The molecule has 1 aromatic carbocycles. The molecule has 0 aliphatic carbocycles. The summed E-state index contributed by atoms with van der Waals surface area (Å²) in [5, 5.41) is 3.32. The van der Waals surface area contributed by atoms with Crippen LogP contribution in [0, 0.1) is 12.8 Å². The van der Waals surface area contributed by atoms with E-state index in [4.69, 9.17) is 14.5 Å². The molecule has 4 rings (SSSR count). The maximum Gasteiger partial charge on any atom is 0.323 e. The molecule has 2 atom stereocenters. The van der Waals surface area contributed by atoms with Crippen molar-refractivity contribution >= 4 is 17.0 Å². The second kappa shape index (κ2) is 10.7. The highest BCUT2D eigenvalue weighted by Crippen LogP contribution is 2.28. The van der Waals surface area contributed by atoms with Crippen LogP contribution in [0.1, 0.15) is 44.7 Å². The number of carbonyl (C=O) groups is 1. The summed E-state index contributed by atoms with van der Waals surface area (Å²) in [6.07, 6.45) is 3.40. The minimum atomic E-state index is -0.350. The fraction of sp³-hybridized carbons (Fsp3) is 0.519. The average molecular weight is 481 g/mol. The van der Waals surface area contributed by atoms with Crippen molar-refractivity contribution in [1.82, 2.24) is 19.4 Å². The van der Waals surface area contributed by atoms with Crippen LogP contribution in [0.5, 0.6) is 0 Å². The van der Waals surface area contributed by atoms with Crippen molar-refractivity contribution in [3.63, 3.8) is 0 Å². The van der Waals surface area contributed by atoms with Gasteiger partial charge in [0.15, 0.2) is 0 Å². The number of hydrogen-bond acceptors (Lipinski definition) is 6. The van der Waals surface area contributed by atoms with E-state index in [1.54, 1.807) is 11.6 Å². The average Bonchev–Trinajstić information content (AvgIpc) is 3.45. The molecule has 35 heavy (non-hydrogen) atoms. The van der Waals surface area contributed by atoms with Gasteiger partial charge >= 0.3 is 5.97 Å². The highest BCUT2D eigenvalue weighted by Gasteiger charge is 2.22. The van der Waals surface area contributed by atoms with Gasteiger partial charge in [0.1, 0.15) is 11.9 Å². The quantitative estimate of drug-likeness (QED) is 0.471. The number of hydrogen-bond donors (Lipinski definition) is 1. The summed E-state index contributed by atoms with van der Waals surface area (Å²) in [4.78, 5) is 29.6. The zero-order valence-corrected chi connectivity index (χ0v) is 21.3. The van der Waals surface area contributed by atoms with E-state index in [9.17, 15) is 9.59 Å². The fourth-order valence-corrected chi connectivity index (χ4v) is 4.63. The molecule has 188 valence electrons. The SMILES string of the molecule is CCC(NCc1ccc2c(c1)nc(-c1cc(C)c(=O)n(C)c1)n2CC1CCOC1)C(=O)OC(C)C. The minimum Gasteiger partial charge on any atom is -0.462 e. The first kappa shape index (κ1) is 25.1. The normalized spacial score (nSPS) is 16.8. The van der Waals surface area contributed by atoms with E-state index >= 15 is 0 Å². The van der Waals surface area contributed by atoms with Gasteiger partial charge in [0.25, 0.3) is 5.56 Å². The summed E-state index contributed by atoms with van der Waals surface area (Å²) in [5.41, 5.74) is 4.59. The summed E-state index contributed by atoms with van der Waals surface area (Å²) in [5.74, 6) is 1.06. The zero-order chi connectivity index (χ0) is 25.1. The Morgan fingerprint density at radius 1 is 1.31 bits per heavy atom. The summed E-state index contributed by atoms with van der Waals surface area (Å²) >= 11 is 0. The van der Waals surface area contributed by atoms with Gasteiger partial charge in [-0.15, -0.1) is 0 Å². The molecule has 1 aliphatic rings. The van der Waals surface area contributed by atoms with Gasteiger partial charge in [0, 0.05) is 50.0 Å². The van der Waals surface area contributed by atoms with Crippen LogP contribution in [-0.4, -0.2) is 45.4 Å². The maximum absolute atomic E-state index is 12.3. The minimum absolute atomic E-state index is 0.00423. The van der Waals surface area contributed by atoms with E-state index in [0.29, 0.717) is 24.4 Å².